The van der Waals surface area contributed by atoms with Gasteiger partial charge >= 0.3 is 6.09 Å². The second-order valence-electron chi connectivity index (χ2n) is 6.81. The quantitative estimate of drug-likeness (QED) is 0.625. The molecule has 8 heteroatoms. The second kappa shape index (κ2) is 7.29. The van der Waals surface area contributed by atoms with Crippen molar-refractivity contribution in [2.45, 2.75) is 57.7 Å². The molecule has 1 aliphatic carbocycles. The van der Waals surface area contributed by atoms with Crippen LogP contribution in [0, 0.1) is 6.20 Å². The molecular formula is C16H20ClCoN4O2-. The molecule has 1 amide bonds. The van der Waals surface area contributed by atoms with Gasteiger partial charge in [-0.1, -0.05) is 0 Å². The number of nitrogens with one attached hydrogen (secondary N) is 1. The standard InChI is InChI=1S/C16H20ClN4O2.Co/c1-16(2,3)23-15(22)19-11-5-4-6-12(11)21-8-7-10-9-18-14(17)20-13(10)21;/h7,9,11-12H,4-6H2,1-3H3,(H,19,22);/q-1;/t11-,12-;/m0./s1. The Hall–Kier alpha value is -1.31. The number of halogens is 1. The third-order valence-electron chi connectivity index (χ3n) is 3.87. The summed E-state index contributed by atoms with van der Waals surface area (Å²) in [6, 6.07) is 1.92. The number of hydrogen-bond acceptors (Lipinski definition) is 4. The van der Waals surface area contributed by atoms with E-state index in [4.69, 9.17) is 16.3 Å². The van der Waals surface area contributed by atoms with Crippen LogP contribution in [-0.4, -0.2) is 32.3 Å². The van der Waals surface area contributed by atoms with Crippen LogP contribution in [0.2, 0.25) is 5.28 Å². The van der Waals surface area contributed by atoms with Crippen molar-refractivity contribution in [3.05, 3.63) is 23.7 Å². The summed E-state index contributed by atoms with van der Waals surface area (Å²) in [5.74, 6) is 0. The van der Waals surface area contributed by atoms with Crippen molar-refractivity contribution in [2.24, 2.45) is 0 Å². The maximum atomic E-state index is 12.0. The van der Waals surface area contributed by atoms with Crippen LogP contribution in [0.15, 0.2) is 12.3 Å². The van der Waals surface area contributed by atoms with Crippen LogP contribution >= 0.6 is 11.6 Å². The maximum absolute atomic E-state index is 12.0. The van der Waals surface area contributed by atoms with Crippen molar-refractivity contribution in [2.75, 3.05) is 0 Å². The number of carbonyl (C=O) groups excluding carboxylic acids is 1. The van der Waals surface area contributed by atoms with E-state index in [1.165, 1.54) is 0 Å². The van der Waals surface area contributed by atoms with Gasteiger partial charge < -0.3 is 14.6 Å². The van der Waals surface area contributed by atoms with Gasteiger partial charge in [-0.25, -0.2) is 9.78 Å². The van der Waals surface area contributed by atoms with Crippen molar-refractivity contribution in [3.8, 4) is 0 Å². The Morgan fingerprint density at radius 2 is 2.21 bits per heavy atom. The zero-order valence-corrected chi connectivity index (χ0v) is 15.6. The van der Waals surface area contributed by atoms with Gasteiger partial charge in [-0.15, -0.1) is 11.6 Å². The summed E-state index contributed by atoms with van der Waals surface area (Å²) in [6.07, 6.45) is 7.36. The van der Waals surface area contributed by atoms with Gasteiger partial charge in [0, 0.05) is 22.8 Å². The van der Waals surface area contributed by atoms with E-state index in [0.717, 1.165) is 30.3 Å². The van der Waals surface area contributed by atoms with E-state index < -0.39 is 11.7 Å². The summed E-state index contributed by atoms with van der Waals surface area (Å²) in [4.78, 5) is 20.3. The van der Waals surface area contributed by atoms with Gasteiger partial charge in [0.15, 0.2) is 0 Å². The number of rotatable bonds is 2. The Kier molecular flexibility index (Phi) is 5.77. The number of nitrogens with zero attached hydrogens (tertiary/aromatic N) is 3. The molecule has 0 aliphatic heterocycles. The monoisotopic (exact) mass is 394 g/mol. The van der Waals surface area contributed by atoms with Crippen LogP contribution in [0.4, 0.5) is 4.79 Å². The zero-order chi connectivity index (χ0) is 16.6. The van der Waals surface area contributed by atoms with Gasteiger partial charge in [-0.3, -0.25) is 4.98 Å². The van der Waals surface area contributed by atoms with Crippen molar-refractivity contribution >= 4 is 28.7 Å². The molecule has 0 bridgehead atoms. The fourth-order valence-electron chi connectivity index (χ4n) is 2.99. The van der Waals surface area contributed by atoms with E-state index in [2.05, 4.69) is 21.5 Å². The molecule has 0 aromatic carbocycles. The SMILES string of the molecule is CC(C)(C)OC(=O)N[C@H]1CCC[C@@H]1n1[c-]cc2cnc(Cl)nc21.[Co]. The van der Waals surface area contributed by atoms with Gasteiger partial charge in [-0.2, -0.15) is 6.07 Å². The molecule has 0 saturated heterocycles. The molecule has 133 valence electrons. The van der Waals surface area contributed by atoms with Crippen LogP contribution in [-0.2, 0) is 21.5 Å². The molecule has 1 N–H and O–H groups in total. The van der Waals surface area contributed by atoms with Crippen molar-refractivity contribution < 1.29 is 26.3 Å². The van der Waals surface area contributed by atoms with Crippen LogP contribution in [0.5, 0.6) is 0 Å². The van der Waals surface area contributed by atoms with Crippen LogP contribution in [0.3, 0.4) is 0 Å². The summed E-state index contributed by atoms with van der Waals surface area (Å²) < 4.78 is 7.31. The maximum Gasteiger partial charge on any atom is 0.407 e. The Morgan fingerprint density at radius 1 is 1.46 bits per heavy atom. The summed E-state index contributed by atoms with van der Waals surface area (Å²) in [5.41, 5.74) is 0.235. The van der Waals surface area contributed by atoms with Crippen LogP contribution < -0.4 is 5.32 Å². The zero-order valence-electron chi connectivity index (χ0n) is 13.8. The van der Waals surface area contributed by atoms with E-state index in [1.54, 1.807) is 6.20 Å². The Balaban J connectivity index is 0.00000208. The molecular weight excluding hydrogens is 375 g/mol. The summed E-state index contributed by atoms with van der Waals surface area (Å²) in [5, 5.41) is 4.07. The van der Waals surface area contributed by atoms with E-state index in [9.17, 15) is 4.79 Å². The molecule has 2 aromatic heterocycles. The smallest absolute Gasteiger partial charge is 0.407 e. The molecule has 1 fully saturated rings. The fraction of sp³-hybridized carbons (Fsp3) is 0.562. The summed E-state index contributed by atoms with van der Waals surface area (Å²) in [7, 11) is 0. The Bertz CT molecular complexity index is 728. The minimum atomic E-state index is -0.509. The molecule has 1 radical (unpaired) electrons. The normalized spacial score (nSPS) is 20.7. The van der Waals surface area contributed by atoms with Gasteiger partial charge in [-0.05, 0) is 63.5 Å². The largest absolute Gasteiger partial charge is 0.445 e. The Morgan fingerprint density at radius 3 is 2.92 bits per heavy atom. The van der Waals surface area contributed by atoms with Crippen molar-refractivity contribution in [3.63, 3.8) is 0 Å². The molecule has 2 aromatic rings. The van der Waals surface area contributed by atoms with Crippen LogP contribution in [0.1, 0.15) is 46.1 Å². The van der Waals surface area contributed by atoms with Crippen molar-refractivity contribution in [1.29, 1.82) is 0 Å². The molecule has 1 aliphatic rings. The molecule has 0 spiro atoms. The molecule has 6 nitrogen and oxygen atoms in total. The molecule has 3 rings (SSSR count). The number of ether oxygens (including phenoxy) is 1. The van der Waals surface area contributed by atoms with E-state index in [1.807, 2.05) is 31.4 Å². The van der Waals surface area contributed by atoms with Gasteiger partial charge in [0.1, 0.15) is 5.60 Å². The number of alkyl carbamates (subject to hydrolysis) is 1. The predicted octanol–water partition coefficient (Wildman–Crippen LogP) is 3.50. The second-order valence-corrected chi connectivity index (χ2v) is 7.15. The van der Waals surface area contributed by atoms with E-state index in [0.29, 0.717) is 0 Å². The predicted molar refractivity (Wildman–Crippen MR) is 87.4 cm³/mol. The van der Waals surface area contributed by atoms with E-state index in [-0.39, 0.29) is 34.1 Å². The minimum Gasteiger partial charge on any atom is -0.445 e. The van der Waals surface area contributed by atoms with Gasteiger partial charge in [0.25, 0.3) is 0 Å². The number of amides is 1. The molecule has 24 heavy (non-hydrogen) atoms. The third-order valence-corrected chi connectivity index (χ3v) is 4.05. The first-order valence-corrected chi connectivity index (χ1v) is 8.12. The number of carbonyl (C=O) groups is 1. The number of aromatic nitrogens is 3. The molecule has 2 atom stereocenters. The number of fused-ring (bicyclic) bond motifs is 1. The summed E-state index contributed by atoms with van der Waals surface area (Å²) >= 11 is 5.91. The van der Waals surface area contributed by atoms with E-state index >= 15 is 0 Å². The third kappa shape index (κ3) is 4.20. The average molecular weight is 395 g/mol. The van der Waals surface area contributed by atoms with Gasteiger partial charge in [0.05, 0.1) is 6.04 Å². The number of hydrogen-bond donors (Lipinski definition) is 1. The molecule has 0 unspecified atom stereocenters. The first-order valence-electron chi connectivity index (χ1n) is 7.74. The average Bonchev–Trinajstić information content (AvgIpc) is 3.02. The van der Waals surface area contributed by atoms with Crippen molar-refractivity contribution in [1.82, 2.24) is 19.9 Å². The summed E-state index contributed by atoms with van der Waals surface area (Å²) in [6.45, 7) is 5.56. The first kappa shape index (κ1) is 19.0. The molecule has 1 saturated carbocycles. The first-order chi connectivity index (χ1) is 10.8. The van der Waals surface area contributed by atoms with Gasteiger partial charge in [0.2, 0.25) is 5.28 Å². The Labute approximate surface area is 156 Å². The fourth-order valence-corrected chi connectivity index (χ4v) is 3.11. The molecule has 2 heterocycles. The topological polar surface area (TPSA) is 69.0 Å². The van der Waals surface area contributed by atoms with Crippen LogP contribution in [0.25, 0.3) is 11.0 Å². The minimum absolute atomic E-state index is 0.